The third-order valence-electron chi connectivity index (χ3n) is 14.3. The lowest BCUT2D eigenvalue weighted by molar-refractivity contribution is -0.152. The summed E-state index contributed by atoms with van der Waals surface area (Å²) in [6, 6.07) is 24.6. The summed E-state index contributed by atoms with van der Waals surface area (Å²) in [4.78, 5) is 27.4. The number of nitrogens with zero attached hydrogens (tertiary/aromatic N) is 2. The summed E-state index contributed by atoms with van der Waals surface area (Å²) < 4.78 is 27.0. The molecule has 2 aliphatic carbocycles. The number of hydrogen-bond acceptors (Lipinski definition) is 11. The van der Waals surface area contributed by atoms with Crippen molar-refractivity contribution in [2.24, 2.45) is 23.7 Å². The summed E-state index contributed by atoms with van der Waals surface area (Å²) in [5.74, 6) is 2.30. The largest absolute Gasteiger partial charge is 0.508 e. The van der Waals surface area contributed by atoms with E-state index < -0.39 is 0 Å². The molecule has 2 aliphatic heterocycles. The number of esters is 2. The highest BCUT2D eigenvalue weighted by Gasteiger charge is 2.36. The van der Waals surface area contributed by atoms with Gasteiger partial charge in [0.15, 0.2) is 0 Å². The summed E-state index contributed by atoms with van der Waals surface area (Å²) in [5.41, 5.74) is 2.41. The van der Waals surface area contributed by atoms with Crippen LogP contribution in [0.5, 0.6) is 11.5 Å². The maximum atomic E-state index is 11.5. The quantitative estimate of drug-likeness (QED) is 0.133. The van der Waals surface area contributed by atoms with Crippen LogP contribution in [0.4, 0.5) is 0 Å². The van der Waals surface area contributed by atoms with Crippen LogP contribution >= 0.6 is 0 Å². The topological polar surface area (TPSA) is 127 Å². The van der Waals surface area contributed by atoms with Gasteiger partial charge in [0.2, 0.25) is 0 Å². The first-order valence-electron chi connectivity index (χ1n) is 22.9. The van der Waals surface area contributed by atoms with Crippen molar-refractivity contribution >= 4 is 33.5 Å². The molecule has 0 spiro atoms. The highest BCUT2D eigenvalue weighted by molar-refractivity contribution is 5.85. The summed E-state index contributed by atoms with van der Waals surface area (Å²) in [6.07, 6.45) is 8.77. The van der Waals surface area contributed by atoms with E-state index in [2.05, 4.69) is 86.0 Å². The predicted molar refractivity (Wildman–Crippen MR) is 248 cm³/mol. The van der Waals surface area contributed by atoms with Gasteiger partial charge in [0, 0.05) is 53.5 Å². The second-order valence-corrected chi connectivity index (χ2v) is 19.2. The summed E-state index contributed by atoms with van der Waals surface area (Å²) in [7, 11) is 6.47. The Bertz CT molecular complexity index is 2110. The van der Waals surface area contributed by atoms with Crippen LogP contribution in [0.3, 0.4) is 0 Å². The average Bonchev–Trinajstić information content (AvgIpc) is 3.26. The van der Waals surface area contributed by atoms with E-state index in [9.17, 15) is 19.8 Å². The molecule has 0 radical (unpaired) electrons. The lowest BCUT2D eigenvalue weighted by Gasteiger charge is -2.38. The van der Waals surface area contributed by atoms with Crippen LogP contribution in [0.15, 0.2) is 72.8 Å². The Hall–Kier alpha value is -4.26. The molecule has 4 aromatic carbocycles. The molecular formula is C52H72N2O9. The molecule has 0 aromatic heterocycles. The highest BCUT2D eigenvalue weighted by Crippen LogP contribution is 2.37. The third-order valence-corrected chi connectivity index (χ3v) is 14.3. The second kappa shape index (κ2) is 21.6. The monoisotopic (exact) mass is 869 g/mol. The summed E-state index contributed by atoms with van der Waals surface area (Å²) in [6.45, 7) is 13.4. The van der Waals surface area contributed by atoms with E-state index in [0.29, 0.717) is 11.8 Å². The van der Waals surface area contributed by atoms with Crippen molar-refractivity contribution in [3.05, 3.63) is 83.9 Å². The zero-order chi connectivity index (χ0) is 45.3. The summed E-state index contributed by atoms with van der Waals surface area (Å²) in [5, 5.41) is 23.3. The first-order chi connectivity index (χ1) is 30.1. The minimum absolute atomic E-state index is 0.0137. The number of hydrogen-bond donors (Lipinski definition) is 2. The molecule has 11 nitrogen and oxygen atoms in total. The van der Waals surface area contributed by atoms with Gasteiger partial charge in [-0.05, 0) is 160 Å². The van der Waals surface area contributed by atoms with Crippen molar-refractivity contribution in [3.63, 3.8) is 0 Å². The van der Waals surface area contributed by atoms with E-state index in [0.717, 1.165) is 107 Å². The summed E-state index contributed by atoms with van der Waals surface area (Å²) >= 11 is 0. The van der Waals surface area contributed by atoms with Gasteiger partial charge in [0.1, 0.15) is 11.5 Å². The molecule has 0 amide bonds. The first-order valence-corrected chi connectivity index (χ1v) is 22.9. The Kier molecular flexibility index (Phi) is 16.5. The average molecular weight is 869 g/mol. The van der Waals surface area contributed by atoms with Gasteiger partial charge < -0.3 is 33.9 Å². The van der Waals surface area contributed by atoms with Crippen LogP contribution in [-0.4, -0.2) is 110 Å². The molecule has 8 rings (SSSR count). The number of aromatic hydroxyl groups is 1. The molecule has 4 aromatic rings. The standard InChI is InChI=1S/C26H35NO4.C16H17NO3.C10H20O2/c1-26(2,30-4)22-8-11-23(12-9-22)31-24-10-7-19-13-18(5-6-20(19)14-24)15-27-16-21(17-27)25(28)29-3;1-20-16(19)14-9-17(10-14)8-11-2-3-13-7-15(18)5-4-12(13)6-11;1-10(2,12-3)8-4-6-9(11)7-5-8/h5-7,10,13-14,21-23H,8-9,11-12,15-17H2,1-4H3;2-7,14,18H,8-10H2,1H3;8-9,11H,4-7H2,1-3H3. The van der Waals surface area contributed by atoms with Gasteiger partial charge in [-0.15, -0.1) is 0 Å². The molecule has 4 fully saturated rings. The SMILES string of the molecule is COC(=O)C1CN(Cc2ccc3cc(O)ccc3c2)C1.COC(=O)C1CN(Cc2ccc3cc(OC4CCC(C(C)(C)OC)CC4)ccc3c2)C1.COC(C)(C)C1CCC(O)CC1. The number of phenolic OH excluding ortho intramolecular Hbond substituents is 1. The minimum Gasteiger partial charge on any atom is -0.508 e. The second-order valence-electron chi connectivity index (χ2n) is 19.2. The van der Waals surface area contributed by atoms with E-state index in [1.807, 2.05) is 19.2 Å². The van der Waals surface area contributed by atoms with E-state index in [4.69, 9.17) is 23.7 Å². The maximum absolute atomic E-state index is 11.5. The highest BCUT2D eigenvalue weighted by atomic mass is 16.5. The Morgan fingerprint density at radius 1 is 0.571 bits per heavy atom. The van der Waals surface area contributed by atoms with Crippen molar-refractivity contribution in [1.29, 1.82) is 0 Å². The molecule has 4 aliphatic rings. The minimum atomic E-state index is -0.116. The van der Waals surface area contributed by atoms with Crippen LogP contribution in [-0.2, 0) is 41.6 Å². The number of benzene rings is 4. The van der Waals surface area contributed by atoms with E-state index in [-0.39, 0.29) is 52.9 Å². The number of carbonyl (C=O) groups excluding carboxylic acids is 2. The zero-order valence-electron chi connectivity index (χ0n) is 38.9. The van der Waals surface area contributed by atoms with Gasteiger partial charge >= 0.3 is 11.9 Å². The van der Waals surface area contributed by atoms with Gasteiger partial charge in [-0.2, -0.15) is 0 Å². The third kappa shape index (κ3) is 12.9. The molecule has 0 unspecified atom stereocenters. The van der Waals surface area contributed by atoms with E-state index >= 15 is 0 Å². The number of rotatable bonds is 12. The van der Waals surface area contributed by atoms with Crippen LogP contribution in [0.1, 0.15) is 90.2 Å². The fourth-order valence-corrected chi connectivity index (χ4v) is 9.54. The molecule has 2 saturated heterocycles. The maximum Gasteiger partial charge on any atom is 0.311 e. The number of aliphatic hydroxyl groups is 1. The molecule has 2 saturated carbocycles. The Labute approximate surface area is 375 Å². The van der Waals surface area contributed by atoms with Gasteiger partial charge in [0.25, 0.3) is 0 Å². The van der Waals surface area contributed by atoms with Crippen LogP contribution < -0.4 is 4.74 Å². The number of fused-ring (bicyclic) bond motifs is 2. The normalized spacial score (nSPS) is 22.4. The van der Waals surface area contributed by atoms with Crippen LogP contribution in [0.2, 0.25) is 0 Å². The smallest absolute Gasteiger partial charge is 0.311 e. The molecule has 2 heterocycles. The van der Waals surface area contributed by atoms with Gasteiger partial charge in [-0.1, -0.05) is 36.4 Å². The molecule has 0 bridgehead atoms. The van der Waals surface area contributed by atoms with Gasteiger partial charge in [-0.25, -0.2) is 0 Å². The van der Waals surface area contributed by atoms with Crippen molar-refractivity contribution < 1.29 is 43.5 Å². The Balaban J connectivity index is 0.000000176. The number of phenols is 1. The molecule has 11 heteroatoms. The van der Waals surface area contributed by atoms with E-state index in [1.54, 1.807) is 19.2 Å². The van der Waals surface area contributed by atoms with Gasteiger partial charge in [0.05, 0.1) is 49.5 Å². The molecular weight excluding hydrogens is 797 g/mol. The number of aliphatic hydroxyl groups excluding tert-OH is 1. The molecule has 2 N–H and O–H groups in total. The lowest BCUT2D eigenvalue weighted by Crippen LogP contribution is -2.49. The van der Waals surface area contributed by atoms with Crippen LogP contribution in [0.25, 0.3) is 21.5 Å². The first kappa shape index (κ1) is 48.2. The van der Waals surface area contributed by atoms with E-state index in [1.165, 1.54) is 36.1 Å². The Morgan fingerprint density at radius 2 is 0.984 bits per heavy atom. The Morgan fingerprint density at radius 3 is 1.44 bits per heavy atom. The van der Waals surface area contributed by atoms with Crippen molar-refractivity contribution in [2.45, 2.75) is 116 Å². The predicted octanol–water partition coefficient (Wildman–Crippen LogP) is 8.92. The fourth-order valence-electron chi connectivity index (χ4n) is 9.54. The number of methoxy groups -OCH3 is 4. The van der Waals surface area contributed by atoms with Gasteiger partial charge in [-0.3, -0.25) is 19.4 Å². The van der Waals surface area contributed by atoms with Crippen molar-refractivity contribution in [1.82, 2.24) is 9.80 Å². The molecule has 0 atom stereocenters. The number of carbonyl (C=O) groups is 2. The zero-order valence-corrected chi connectivity index (χ0v) is 38.9. The van der Waals surface area contributed by atoms with Crippen LogP contribution in [0, 0.1) is 23.7 Å². The molecule has 63 heavy (non-hydrogen) atoms. The van der Waals surface area contributed by atoms with Crippen molar-refractivity contribution in [3.8, 4) is 11.5 Å². The number of likely N-dealkylation sites (tertiary alicyclic amines) is 2. The number of ether oxygens (including phenoxy) is 5. The molecule has 344 valence electrons. The lowest BCUT2D eigenvalue weighted by atomic mass is 9.78. The van der Waals surface area contributed by atoms with Crippen molar-refractivity contribution in [2.75, 3.05) is 54.6 Å². The fraction of sp³-hybridized carbons (Fsp3) is 0.577.